The van der Waals surface area contributed by atoms with Gasteiger partial charge in [0.05, 0.1) is 24.0 Å². The van der Waals surface area contributed by atoms with Gasteiger partial charge in [0.1, 0.15) is 5.78 Å². The van der Waals surface area contributed by atoms with Crippen molar-refractivity contribution >= 4 is 5.78 Å². The Morgan fingerprint density at radius 3 is 1.38 bits per heavy atom. The minimum atomic E-state index is -0.521. The number of aliphatic hydroxyl groups is 2. The van der Waals surface area contributed by atoms with Gasteiger partial charge in [0, 0.05) is 0 Å². The number of aliphatic hydroxyl groups excluding tert-OH is 2. The second kappa shape index (κ2) is 4.46. The fourth-order valence-corrected chi connectivity index (χ4v) is 3.58. The molecular formula is C13H22O3. The molecule has 0 spiro atoms. The monoisotopic (exact) mass is 226 g/mol. The zero-order valence-corrected chi connectivity index (χ0v) is 9.87. The van der Waals surface area contributed by atoms with Crippen LogP contribution < -0.4 is 0 Å². The van der Waals surface area contributed by atoms with Crippen molar-refractivity contribution in [2.24, 2.45) is 10.8 Å². The quantitative estimate of drug-likeness (QED) is 0.766. The highest BCUT2D eigenvalue weighted by molar-refractivity contribution is 5.91. The Morgan fingerprint density at radius 1 is 0.812 bits per heavy atom. The van der Waals surface area contributed by atoms with E-state index >= 15 is 0 Å². The van der Waals surface area contributed by atoms with Gasteiger partial charge >= 0.3 is 0 Å². The molecule has 2 saturated carbocycles. The molecule has 2 aliphatic rings. The van der Waals surface area contributed by atoms with Crippen LogP contribution in [0.4, 0.5) is 0 Å². The van der Waals surface area contributed by atoms with Crippen LogP contribution >= 0.6 is 0 Å². The fourth-order valence-electron chi connectivity index (χ4n) is 3.58. The third kappa shape index (κ3) is 1.70. The molecule has 3 nitrogen and oxygen atoms in total. The van der Waals surface area contributed by atoms with Crippen molar-refractivity contribution in [3.8, 4) is 0 Å². The third-order valence-electron chi connectivity index (χ3n) is 4.69. The molecule has 2 rings (SSSR count). The van der Waals surface area contributed by atoms with E-state index in [1.54, 1.807) is 0 Å². The average molecular weight is 226 g/mol. The summed E-state index contributed by atoms with van der Waals surface area (Å²) < 4.78 is 0. The molecule has 0 aliphatic heterocycles. The fraction of sp³-hybridized carbons (Fsp3) is 0.923. The summed E-state index contributed by atoms with van der Waals surface area (Å²) in [6.07, 6.45) is 7.38. The molecule has 0 atom stereocenters. The molecule has 0 heterocycles. The first-order valence-corrected chi connectivity index (χ1v) is 6.46. The molecule has 2 N–H and O–H groups in total. The number of hydrogen-bond acceptors (Lipinski definition) is 3. The Labute approximate surface area is 96.9 Å². The van der Waals surface area contributed by atoms with Crippen molar-refractivity contribution < 1.29 is 15.0 Å². The lowest BCUT2D eigenvalue weighted by atomic mass is 9.68. The highest BCUT2D eigenvalue weighted by atomic mass is 16.3. The predicted octanol–water partition coefficient (Wildman–Crippen LogP) is 1.66. The summed E-state index contributed by atoms with van der Waals surface area (Å²) >= 11 is 0. The van der Waals surface area contributed by atoms with Crippen LogP contribution in [0.1, 0.15) is 51.4 Å². The van der Waals surface area contributed by atoms with Crippen LogP contribution in [0.3, 0.4) is 0 Å². The molecule has 0 aromatic rings. The summed E-state index contributed by atoms with van der Waals surface area (Å²) in [5.74, 6) is 0.153. The zero-order chi connectivity index (χ0) is 11.6. The van der Waals surface area contributed by atoms with E-state index in [-0.39, 0.29) is 19.0 Å². The van der Waals surface area contributed by atoms with Crippen LogP contribution in [0.2, 0.25) is 0 Å². The van der Waals surface area contributed by atoms with E-state index in [1.165, 1.54) is 0 Å². The van der Waals surface area contributed by atoms with Crippen molar-refractivity contribution in [3.63, 3.8) is 0 Å². The molecule has 92 valence electrons. The molecular weight excluding hydrogens is 204 g/mol. The maximum Gasteiger partial charge on any atom is 0.149 e. The van der Waals surface area contributed by atoms with Crippen LogP contribution in [-0.4, -0.2) is 29.2 Å². The number of ketones is 1. The van der Waals surface area contributed by atoms with E-state index < -0.39 is 10.8 Å². The van der Waals surface area contributed by atoms with E-state index in [9.17, 15) is 15.0 Å². The van der Waals surface area contributed by atoms with Gasteiger partial charge in [-0.05, 0) is 25.7 Å². The molecule has 0 saturated heterocycles. The smallest absolute Gasteiger partial charge is 0.149 e. The summed E-state index contributed by atoms with van der Waals surface area (Å²) in [4.78, 5) is 12.6. The van der Waals surface area contributed by atoms with Crippen LogP contribution in [-0.2, 0) is 4.79 Å². The first-order valence-electron chi connectivity index (χ1n) is 6.46. The Balaban J connectivity index is 2.21. The molecule has 0 aromatic heterocycles. The van der Waals surface area contributed by atoms with Gasteiger partial charge in [-0.3, -0.25) is 4.79 Å². The standard InChI is InChI=1S/C13H22O3/c14-9-12(5-1-2-6-12)11(16)13(10-15)7-3-4-8-13/h14-15H,1-10H2. The lowest BCUT2D eigenvalue weighted by Crippen LogP contribution is -2.45. The van der Waals surface area contributed by atoms with Crippen LogP contribution in [0.5, 0.6) is 0 Å². The lowest BCUT2D eigenvalue weighted by Gasteiger charge is -2.35. The van der Waals surface area contributed by atoms with Crippen LogP contribution in [0, 0.1) is 10.8 Å². The summed E-state index contributed by atoms with van der Waals surface area (Å²) in [6, 6.07) is 0. The Kier molecular flexibility index (Phi) is 3.36. The molecule has 2 aliphatic carbocycles. The van der Waals surface area contributed by atoms with E-state index in [0.29, 0.717) is 0 Å². The molecule has 0 bridgehead atoms. The summed E-state index contributed by atoms with van der Waals surface area (Å²) in [7, 11) is 0. The van der Waals surface area contributed by atoms with Gasteiger partial charge in [-0.25, -0.2) is 0 Å². The summed E-state index contributed by atoms with van der Waals surface area (Å²) in [6.45, 7) is -0.0683. The Hall–Kier alpha value is -0.410. The van der Waals surface area contributed by atoms with Crippen molar-refractivity contribution in [2.45, 2.75) is 51.4 Å². The van der Waals surface area contributed by atoms with E-state index in [1.807, 2.05) is 0 Å². The second-order valence-corrected chi connectivity index (χ2v) is 5.62. The number of carbonyl (C=O) groups excluding carboxylic acids is 1. The van der Waals surface area contributed by atoms with Crippen molar-refractivity contribution in [3.05, 3.63) is 0 Å². The number of Topliss-reactive ketones (excluding diaryl/α,β-unsaturated/α-hetero) is 1. The molecule has 16 heavy (non-hydrogen) atoms. The van der Waals surface area contributed by atoms with Gasteiger partial charge in [0.2, 0.25) is 0 Å². The van der Waals surface area contributed by atoms with Crippen molar-refractivity contribution in [2.75, 3.05) is 13.2 Å². The zero-order valence-electron chi connectivity index (χ0n) is 9.87. The largest absolute Gasteiger partial charge is 0.395 e. The van der Waals surface area contributed by atoms with Gasteiger partial charge in [-0.2, -0.15) is 0 Å². The second-order valence-electron chi connectivity index (χ2n) is 5.62. The Bertz CT molecular complexity index is 234. The normalized spacial score (nSPS) is 27.1. The topological polar surface area (TPSA) is 57.5 Å². The van der Waals surface area contributed by atoms with Crippen molar-refractivity contribution in [1.29, 1.82) is 0 Å². The SMILES string of the molecule is O=C(C1(CO)CCCC1)C1(CO)CCCC1. The van der Waals surface area contributed by atoms with E-state index in [2.05, 4.69) is 0 Å². The molecule has 0 radical (unpaired) electrons. The molecule has 0 amide bonds. The lowest BCUT2D eigenvalue weighted by molar-refractivity contribution is -0.143. The van der Waals surface area contributed by atoms with Gasteiger partial charge in [-0.15, -0.1) is 0 Å². The average Bonchev–Trinajstić information content (AvgIpc) is 2.99. The number of carbonyl (C=O) groups is 1. The predicted molar refractivity (Wildman–Crippen MR) is 61.0 cm³/mol. The molecule has 0 aromatic carbocycles. The Morgan fingerprint density at radius 2 is 1.12 bits per heavy atom. The van der Waals surface area contributed by atoms with E-state index in [0.717, 1.165) is 51.4 Å². The molecule has 0 unspecified atom stereocenters. The summed E-state index contributed by atoms with van der Waals surface area (Å²) in [5.41, 5.74) is -1.04. The first-order chi connectivity index (χ1) is 7.69. The maximum absolute atomic E-state index is 12.6. The van der Waals surface area contributed by atoms with E-state index in [4.69, 9.17) is 0 Å². The third-order valence-corrected chi connectivity index (χ3v) is 4.69. The molecule has 2 fully saturated rings. The minimum Gasteiger partial charge on any atom is -0.395 e. The maximum atomic E-state index is 12.6. The highest BCUT2D eigenvalue weighted by Gasteiger charge is 2.51. The minimum absolute atomic E-state index is 0.0341. The van der Waals surface area contributed by atoms with Crippen LogP contribution in [0.25, 0.3) is 0 Å². The summed E-state index contributed by atoms with van der Waals surface area (Å²) in [5, 5.41) is 19.1. The van der Waals surface area contributed by atoms with Crippen LogP contribution in [0.15, 0.2) is 0 Å². The number of hydrogen-bond donors (Lipinski definition) is 2. The van der Waals surface area contributed by atoms with Gasteiger partial charge in [-0.1, -0.05) is 25.7 Å². The van der Waals surface area contributed by atoms with Gasteiger partial charge in [0.25, 0.3) is 0 Å². The van der Waals surface area contributed by atoms with Gasteiger partial charge in [0.15, 0.2) is 0 Å². The number of rotatable bonds is 4. The van der Waals surface area contributed by atoms with Gasteiger partial charge < -0.3 is 10.2 Å². The first kappa shape index (κ1) is 12.1. The molecule has 3 heteroatoms. The highest BCUT2D eigenvalue weighted by Crippen LogP contribution is 2.49. The van der Waals surface area contributed by atoms with Crippen molar-refractivity contribution in [1.82, 2.24) is 0 Å².